The van der Waals surface area contributed by atoms with Crippen molar-refractivity contribution in [1.82, 2.24) is 15.6 Å². The van der Waals surface area contributed by atoms with Crippen LogP contribution in [0.3, 0.4) is 0 Å². The zero-order valence-corrected chi connectivity index (χ0v) is 20.1. The zero-order chi connectivity index (χ0) is 23.2. The van der Waals surface area contributed by atoms with Crippen molar-refractivity contribution in [1.29, 1.82) is 0 Å². The third-order valence-corrected chi connectivity index (χ3v) is 6.83. The lowest BCUT2D eigenvalue weighted by molar-refractivity contribution is 0.0889. The number of carbonyl (C=O) groups excluding carboxylic acids is 2. The standard InChI is InChI=1S/C24H23BrFN3O3S/c25-16-7-5-15(6-8-16)23(30)27-17-9-11-18(12-10-17)28-24(31)20-14-33-22(29-20)13-32-21-4-2-1-3-19(21)26/h1-8,14,17-18H,9-13H2,(H,27,30)(H,28,31). The van der Waals surface area contributed by atoms with E-state index in [1.807, 2.05) is 12.1 Å². The lowest BCUT2D eigenvalue weighted by atomic mass is 9.91. The maximum atomic E-state index is 13.7. The van der Waals surface area contributed by atoms with Crippen LogP contribution in [0.5, 0.6) is 5.75 Å². The van der Waals surface area contributed by atoms with Crippen LogP contribution in [0.15, 0.2) is 58.4 Å². The van der Waals surface area contributed by atoms with Crippen molar-refractivity contribution in [2.75, 3.05) is 0 Å². The Bertz CT molecular complexity index is 1110. The van der Waals surface area contributed by atoms with Gasteiger partial charge >= 0.3 is 0 Å². The van der Waals surface area contributed by atoms with Gasteiger partial charge < -0.3 is 15.4 Å². The Labute approximate surface area is 203 Å². The number of nitrogens with one attached hydrogen (secondary N) is 2. The van der Waals surface area contributed by atoms with E-state index in [4.69, 9.17) is 4.74 Å². The summed E-state index contributed by atoms with van der Waals surface area (Å²) in [7, 11) is 0. The van der Waals surface area contributed by atoms with Crippen LogP contribution in [0, 0.1) is 5.82 Å². The zero-order valence-electron chi connectivity index (χ0n) is 17.7. The molecule has 3 aromatic rings. The minimum absolute atomic E-state index is 0.0400. The molecule has 1 aliphatic carbocycles. The number of thiazole rings is 1. The van der Waals surface area contributed by atoms with E-state index in [-0.39, 0.29) is 36.3 Å². The van der Waals surface area contributed by atoms with E-state index in [1.54, 1.807) is 35.7 Å². The topological polar surface area (TPSA) is 80.3 Å². The summed E-state index contributed by atoms with van der Waals surface area (Å²) in [5.74, 6) is -0.591. The van der Waals surface area contributed by atoms with Crippen molar-refractivity contribution in [2.24, 2.45) is 0 Å². The Morgan fingerprint density at radius 2 is 1.64 bits per heavy atom. The van der Waals surface area contributed by atoms with Gasteiger partial charge in [-0.2, -0.15) is 0 Å². The van der Waals surface area contributed by atoms with Crippen LogP contribution in [0.4, 0.5) is 4.39 Å². The van der Waals surface area contributed by atoms with Gasteiger partial charge in [-0.05, 0) is 62.1 Å². The van der Waals surface area contributed by atoms with E-state index in [1.165, 1.54) is 17.4 Å². The molecule has 0 saturated heterocycles. The number of para-hydroxylation sites is 1. The van der Waals surface area contributed by atoms with E-state index in [2.05, 4.69) is 31.5 Å². The van der Waals surface area contributed by atoms with Gasteiger partial charge in [0.2, 0.25) is 0 Å². The van der Waals surface area contributed by atoms with Gasteiger partial charge in [0.15, 0.2) is 11.6 Å². The van der Waals surface area contributed by atoms with Gasteiger partial charge in [-0.3, -0.25) is 9.59 Å². The monoisotopic (exact) mass is 531 g/mol. The van der Waals surface area contributed by atoms with Crippen molar-refractivity contribution >= 4 is 39.1 Å². The summed E-state index contributed by atoms with van der Waals surface area (Å²) in [6.45, 7) is 0.0993. The van der Waals surface area contributed by atoms with E-state index in [0.29, 0.717) is 16.3 Å². The summed E-state index contributed by atoms with van der Waals surface area (Å²) < 4.78 is 20.0. The molecule has 0 radical (unpaired) electrons. The quantitative estimate of drug-likeness (QED) is 0.444. The van der Waals surface area contributed by atoms with Crippen molar-refractivity contribution in [2.45, 2.75) is 44.4 Å². The number of benzene rings is 2. The highest BCUT2D eigenvalue weighted by Gasteiger charge is 2.25. The Balaban J connectivity index is 1.22. The number of aromatic nitrogens is 1. The van der Waals surface area contributed by atoms with Gasteiger partial charge in [0.05, 0.1) is 0 Å². The van der Waals surface area contributed by atoms with Crippen LogP contribution in [0.2, 0.25) is 0 Å². The molecule has 0 unspecified atom stereocenters. The number of ether oxygens (including phenoxy) is 1. The van der Waals surface area contributed by atoms with Crippen molar-refractivity contribution in [3.63, 3.8) is 0 Å². The fourth-order valence-corrected chi connectivity index (χ4v) is 4.64. The Hall–Kier alpha value is -2.78. The first-order chi connectivity index (χ1) is 16.0. The minimum Gasteiger partial charge on any atom is -0.483 e. The van der Waals surface area contributed by atoms with Gasteiger partial charge in [-0.15, -0.1) is 11.3 Å². The lowest BCUT2D eigenvalue weighted by Crippen LogP contribution is -2.43. The average molecular weight is 532 g/mol. The van der Waals surface area contributed by atoms with E-state index < -0.39 is 5.82 Å². The first-order valence-corrected chi connectivity index (χ1v) is 12.3. The predicted molar refractivity (Wildman–Crippen MR) is 128 cm³/mol. The van der Waals surface area contributed by atoms with E-state index >= 15 is 0 Å². The first kappa shape index (κ1) is 23.4. The van der Waals surface area contributed by atoms with E-state index in [0.717, 1.165) is 30.2 Å². The van der Waals surface area contributed by atoms with E-state index in [9.17, 15) is 14.0 Å². The second-order valence-electron chi connectivity index (χ2n) is 7.85. The molecule has 0 aliphatic heterocycles. The number of amides is 2. The van der Waals surface area contributed by atoms with Gasteiger partial charge in [-0.25, -0.2) is 9.37 Å². The molecule has 1 aromatic heterocycles. The van der Waals surface area contributed by atoms with Gasteiger partial charge in [0, 0.05) is 27.5 Å². The normalized spacial score (nSPS) is 17.9. The summed E-state index contributed by atoms with van der Waals surface area (Å²) in [6.07, 6.45) is 3.16. The van der Waals surface area contributed by atoms with Crippen LogP contribution in [-0.4, -0.2) is 28.9 Å². The highest BCUT2D eigenvalue weighted by Crippen LogP contribution is 2.21. The van der Waals surface area contributed by atoms with Crippen LogP contribution in [0.25, 0.3) is 0 Å². The smallest absolute Gasteiger partial charge is 0.270 e. The molecule has 1 heterocycles. The van der Waals surface area contributed by atoms with Crippen LogP contribution < -0.4 is 15.4 Å². The van der Waals surface area contributed by atoms with Gasteiger partial charge in [0.25, 0.3) is 11.8 Å². The largest absolute Gasteiger partial charge is 0.483 e. The fourth-order valence-electron chi connectivity index (χ4n) is 3.69. The summed E-state index contributed by atoms with van der Waals surface area (Å²) in [4.78, 5) is 29.3. The highest BCUT2D eigenvalue weighted by molar-refractivity contribution is 9.10. The number of carbonyl (C=O) groups is 2. The number of nitrogens with zero attached hydrogens (tertiary/aromatic N) is 1. The summed E-state index contributed by atoms with van der Waals surface area (Å²) in [5.41, 5.74) is 0.963. The van der Waals surface area contributed by atoms with Gasteiger partial charge in [-0.1, -0.05) is 28.1 Å². The van der Waals surface area contributed by atoms with Crippen molar-refractivity contribution < 1.29 is 18.7 Å². The third kappa shape index (κ3) is 6.39. The molecular weight excluding hydrogens is 509 g/mol. The number of rotatable bonds is 7. The Morgan fingerprint density at radius 1 is 1.00 bits per heavy atom. The molecule has 1 saturated carbocycles. The lowest BCUT2D eigenvalue weighted by Gasteiger charge is -2.29. The molecule has 6 nitrogen and oxygen atoms in total. The molecule has 172 valence electrons. The summed E-state index contributed by atoms with van der Waals surface area (Å²) >= 11 is 4.67. The van der Waals surface area contributed by atoms with Crippen molar-refractivity contribution in [3.8, 4) is 5.75 Å². The van der Waals surface area contributed by atoms with Crippen LogP contribution in [0.1, 0.15) is 51.5 Å². The minimum atomic E-state index is -0.435. The Morgan fingerprint density at radius 3 is 2.30 bits per heavy atom. The molecule has 1 aliphatic rings. The molecule has 2 amide bonds. The average Bonchev–Trinajstić information content (AvgIpc) is 3.29. The molecule has 1 fully saturated rings. The fraction of sp³-hybridized carbons (Fsp3) is 0.292. The molecule has 9 heteroatoms. The molecule has 0 atom stereocenters. The number of hydrogen-bond donors (Lipinski definition) is 2. The molecular formula is C24H23BrFN3O3S. The Kier molecular flexibility index (Phi) is 7.72. The van der Waals surface area contributed by atoms with Gasteiger partial charge in [0.1, 0.15) is 17.3 Å². The van der Waals surface area contributed by atoms with Crippen molar-refractivity contribution in [3.05, 3.63) is 80.5 Å². The second-order valence-corrected chi connectivity index (χ2v) is 9.71. The molecule has 0 spiro atoms. The third-order valence-electron chi connectivity index (χ3n) is 5.48. The molecule has 2 N–H and O–H groups in total. The maximum absolute atomic E-state index is 13.7. The maximum Gasteiger partial charge on any atom is 0.270 e. The first-order valence-electron chi connectivity index (χ1n) is 10.7. The second kappa shape index (κ2) is 10.9. The summed E-state index contributed by atoms with van der Waals surface area (Å²) in [5, 5.41) is 8.39. The predicted octanol–water partition coefficient (Wildman–Crippen LogP) is 5.09. The molecule has 4 rings (SSSR count). The van der Waals surface area contributed by atoms with Crippen LogP contribution in [-0.2, 0) is 6.61 Å². The molecule has 0 bridgehead atoms. The SMILES string of the molecule is O=C(NC1CCC(NC(=O)c2csc(COc3ccccc3F)n2)CC1)c1ccc(Br)cc1. The highest BCUT2D eigenvalue weighted by atomic mass is 79.9. The molecule has 2 aromatic carbocycles. The molecule has 33 heavy (non-hydrogen) atoms. The number of hydrogen-bond acceptors (Lipinski definition) is 5. The van der Waals surface area contributed by atoms with Crippen LogP contribution >= 0.6 is 27.3 Å². The summed E-state index contributed by atoms with van der Waals surface area (Å²) in [6, 6.07) is 13.6. The number of halogens is 2.